The number of benzene rings is 3. The molecule has 0 bridgehead atoms. The maximum Gasteiger partial charge on any atom is 0.327 e. The van der Waals surface area contributed by atoms with Gasteiger partial charge in [-0.2, -0.15) is 0 Å². The predicted molar refractivity (Wildman–Crippen MR) is 194 cm³/mol. The number of carbonyl (C=O) groups excluding carboxylic acids is 2. The summed E-state index contributed by atoms with van der Waals surface area (Å²) in [6.07, 6.45) is 1.50. The number of hydrogen-bond acceptors (Lipinski definition) is 10. The maximum absolute atomic E-state index is 14.3. The molecule has 0 radical (unpaired) electrons. The number of nitrogens with zero attached hydrogens (tertiary/aromatic N) is 5. The summed E-state index contributed by atoms with van der Waals surface area (Å²) in [6, 6.07) is 17.6. The van der Waals surface area contributed by atoms with Crippen molar-refractivity contribution >= 4 is 55.8 Å². The minimum absolute atomic E-state index is 0.0751. The smallest absolute Gasteiger partial charge is 0.327 e. The van der Waals surface area contributed by atoms with Crippen LogP contribution in [-0.2, 0) is 14.8 Å². The molecule has 50 heavy (non-hydrogen) atoms. The number of carbonyl (C=O) groups is 2. The van der Waals surface area contributed by atoms with Crippen molar-refractivity contribution in [2.24, 2.45) is 0 Å². The van der Waals surface area contributed by atoms with Gasteiger partial charge in [-0.05, 0) is 68.4 Å². The van der Waals surface area contributed by atoms with E-state index in [4.69, 9.17) is 26.1 Å². The number of fused-ring (bicyclic) bond motifs is 1. The number of nitrogens with one attached hydrogen (secondary N) is 2. The minimum atomic E-state index is -3.61. The van der Waals surface area contributed by atoms with Gasteiger partial charge in [-0.1, -0.05) is 23.7 Å². The Kier molecular flexibility index (Phi) is 11.5. The first kappa shape index (κ1) is 36.4. The highest BCUT2D eigenvalue weighted by Crippen LogP contribution is 2.37. The molecular formula is C34H40ClN7O7S. The maximum atomic E-state index is 14.3. The molecule has 0 aliphatic carbocycles. The number of halogens is 1. The number of para-hydroxylation sites is 1. The zero-order valence-corrected chi connectivity index (χ0v) is 29.8. The summed E-state index contributed by atoms with van der Waals surface area (Å²) >= 11 is 6.09. The number of methoxy groups -OCH3 is 2. The molecule has 2 N–H and O–H groups in total. The number of ether oxygens (including phenoxy) is 2. The molecule has 1 aliphatic rings. The Bertz CT molecular complexity index is 2020. The summed E-state index contributed by atoms with van der Waals surface area (Å²) < 4.78 is 37.4. The van der Waals surface area contributed by atoms with E-state index in [-0.39, 0.29) is 12.0 Å². The van der Waals surface area contributed by atoms with Crippen LogP contribution in [0.2, 0.25) is 5.02 Å². The summed E-state index contributed by atoms with van der Waals surface area (Å²) in [4.78, 5) is 49.1. The Morgan fingerprint density at radius 2 is 1.70 bits per heavy atom. The van der Waals surface area contributed by atoms with Crippen LogP contribution in [0.4, 0.5) is 16.2 Å². The molecule has 0 spiro atoms. The van der Waals surface area contributed by atoms with Crippen molar-refractivity contribution in [1.82, 2.24) is 19.3 Å². The Balaban J connectivity index is 1.49. The molecule has 3 amide bonds. The van der Waals surface area contributed by atoms with E-state index in [0.29, 0.717) is 83.8 Å². The van der Waals surface area contributed by atoms with Crippen molar-refractivity contribution in [3.8, 4) is 11.5 Å². The van der Waals surface area contributed by atoms with Gasteiger partial charge >= 0.3 is 6.03 Å². The SMILES string of the molecule is COc1ccc(N(C(=O)Nc2ccc(Cl)cc2)C(C)c2nc3ccccc3c(=O)n2N2CCN(CCCC(=O)NS(C)(=O)=O)CC2)c(OC)c1. The van der Waals surface area contributed by atoms with Gasteiger partial charge < -0.3 is 19.8 Å². The van der Waals surface area contributed by atoms with Crippen molar-refractivity contribution in [3.63, 3.8) is 0 Å². The third kappa shape index (κ3) is 8.64. The van der Waals surface area contributed by atoms with E-state index in [2.05, 4.69) is 10.2 Å². The van der Waals surface area contributed by atoms with E-state index in [1.165, 1.54) is 19.1 Å². The molecule has 266 valence electrons. The van der Waals surface area contributed by atoms with E-state index in [1.54, 1.807) is 78.3 Å². The summed E-state index contributed by atoms with van der Waals surface area (Å²) in [5.41, 5.74) is 1.15. The van der Waals surface area contributed by atoms with Crippen molar-refractivity contribution in [3.05, 3.63) is 87.9 Å². The van der Waals surface area contributed by atoms with Gasteiger partial charge in [0.2, 0.25) is 15.9 Å². The summed E-state index contributed by atoms with van der Waals surface area (Å²) in [7, 11) is -0.569. The van der Waals surface area contributed by atoms with Gasteiger partial charge in [0.15, 0.2) is 5.82 Å². The van der Waals surface area contributed by atoms with Gasteiger partial charge in [-0.3, -0.25) is 24.1 Å². The molecule has 0 saturated carbocycles. The van der Waals surface area contributed by atoms with Crippen molar-refractivity contribution in [2.45, 2.75) is 25.8 Å². The zero-order valence-electron chi connectivity index (χ0n) is 28.3. The van der Waals surface area contributed by atoms with Gasteiger partial charge in [-0.25, -0.2) is 22.9 Å². The summed E-state index contributed by atoms with van der Waals surface area (Å²) in [5.74, 6) is 0.697. The second kappa shape index (κ2) is 15.8. The number of aromatic nitrogens is 2. The van der Waals surface area contributed by atoms with Crippen LogP contribution in [-0.4, -0.2) is 88.1 Å². The third-order valence-electron chi connectivity index (χ3n) is 8.31. The van der Waals surface area contributed by atoms with E-state index < -0.39 is 28.0 Å². The van der Waals surface area contributed by atoms with E-state index in [9.17, 15) is 22.8 Å². The van der Waals surface area contributed by atoms with Crippen LogP contribution in [0.1, 0.15) is 31.6 Å². The van der Waals surface area contributed by atoms with E-state index in [1.807, 2.05) is 9.73 Å². The quantitative estimate of drug-likeness (QED) is 0.219. The van der Waals surface area contributed by atoms with Crippen LogP contribution < -0.4 is 35.0 Å². The average Bonchev–Trinajstić information content (AvgIpc) is 3.09. The monoisotopic (exact) mass is 725 g/mol. The largest absolute Gasteiger partial charge is 0.497 e. The normalized spacial score (nSPS) is 14.2. The van der Waals surface area contributed by atoms with Crippen LogP contribution in [0.3, 0.4) is 0 Å². The molecule has 1 aromatic heterocycles. The minimum Gasteiger partial charge on any atom is -0.497 e. The van der Waals surface area contributed by atoms with Gasteiger partial charge in [0.1, 0.15) is 11.5 Å². The number of urea groups is 1. The number of sulfonamides is 1. The first-order valence-electron chi connectivity index (χ1n) is 16.0. The zero-order chi connectivity index (χ0) is 36.0. The fraction of sp³-hybridized carbons (Fsp3) is 0.353. The molecule has 14 nitrogen and oxygen atoms in total. The topological polar surface area (TPSA) is 155 Å². The number of rotatable bonds is 12. The standard InChI is InChI=1S/C34H40ClN7O7S/c1-23(41(29-16-15-26(48-2)22-30(29)49-3)34(45)36-25-13-11-24(35)12-14-25)32-37-28-9-6-5-8-27(28)33(44)42(32)40-20-18-39(19-21-40)17-7-10-31(43)38-50(4,46)47/h5-6,8-9,11-16,22-23H,7,10,17-21H2,1-4H3,(H,36,45)(H,38,43). The molecule has 1 saturated heterocycles. The van der Waals surface area contributed by atoms with Crippen molar-refractivity contribution in [2.75, 3.05) is 68.4 Å². The molecule has 3 aromatic carbocycles. The Labute approximate surface area is 295 Å². The van der Waals surface area contributed by atoms with Crippen LogP contribution in [0, 0.1) is 0 Å². The third-order valence-corrected chi connectivity index (χ3v) is 9.16. The second-order valence-electron chi connectivity index (χ2n) is 11.8. The molecule has 1 atom stereocenters. The molecule has 1 fully saturated rings. The number of amides is 3. The average molecular weight is 726 g/mol. The highest BCUT2D eigenvalue weighted by Gasteiger charge is 2.32. The Hall–Kier alpha value is -4.86. The Morgan fingerprint density at radius 1 is 1.00 bits per heavy atom. The first-order valence-corrected chi connectivity index (χ1v) is 18.2. The van der Waals surface area contributed by atoms with Gasteiger partial charge in [-0.15, -0.1) is 0 Å². The van der Waals surface area contributed by atoms with Gasteiger partial charge in [0.05, 0.1) is 43.1 Å². The predicted octanol–water partition coefficient (Wildman–Crippen LogP) is 3.98. The summed E-state index contributed by atoms with van der Waals surface area (Å²) in [6.45, 7) is 4.45. The first-order chi connectivity index (χ1) is 23.9. The lowest BCUT2D eigenvalue weighted by Gasteiger charge is -2.39. The highest BCUT2D eigenvalue weighted by atomic mass is 35.5. The molecule has 1 aliphatic heterocycles. The van der Waals surface area contributed by atoms with Crippen LogP contribution >= 0.6 is 11.6 Å². The Morgan fingerprint density at radius 3 is 2.36 bits per heavy atom. The molecule has 16 heteroatoms. The van der Waals surface area contributed by atoms with Crippen molar-refractivity contribution in [1.29, 1.82) is 0 Å². The number of hydrogen-bond donors (Lipinski definition) is 2. The highest BCUT2D eigenvalue weighted by molar-refractivity contribution is 7.89. The molecule has 2 heterocycles. The fourth-order valence-corrected chi connectivity index (χ4v) is 6.52. The van der Waals surface area contributed by atoms with Gasteiger partial charge in [0.25, 0.3) is 5.56 Å². The molecule has 5 rings (SSSR count). The van der Waals surface area contributed by atoms with Gasteiger partial charge in [0, 0.05) is 49.4 Å². The lowest BCUT2D eigenvalue weighted by molar-refractivity contribution is -0.119. The number of piperazine rings is 1. The number of anilines is 2. The molecule has 4 aromatic rings. The van der Waals surface area contributed by atoms with Crippen LogP contribution in [0.15, 0.2) is 71.5 Å². The van der Waals surface area contributed by atoms with E-state index >= 15 is 0 Å². The molecular weight excluding hydrogens is 686 g/mol. The van der Waals surface area contributed by atoms with Crippen LogP contribution in [0.5, 0.6) is 11.5 Å². The lowest BCUT2D eigenvalue weighted by Crippen LogP contribution is -2.56. The van der Waals surface area contributed by atoms with E-state index in [0.717, 1.165) is 6.26 Å². The summed E-state index contributed by atoms with van der Waals surface area (Å²) in [5, 5.41) is 5.81. The second-order valence-corrected chi connectivity index (χ2v) is 14.0. The van der Waals surface area contributed by atoms with Crippen LogP contribution in [0.25, 0.3) is 10.9 Å². The molecule has 1 unspecified atom stereocenters. The lowest BCUT2D eigenvalue weighted by atomic mass is 10.1. The van der Waals surface area contributed by atoms with Crippen molar-refractivity contribution < 1.29 is 27.5 Å². The fourth-order valence-electron chi connectivity index (χ4n) is 5.88.